The van der Waals surface area contributed by atoms with Crippen LogP contribution >= 0.6 is 23.4 Å². The van der Waals surface area contributed by atoms with Gasteiger partial charge in [0, 0.05) is 29.5 Å². The van der Waals surface area contributed by atoms with Crippen molar-refractivity contribution in [3.63, 3.8) is 0 Å². The number of carbonyl (C=O) groups excluding carboxylic acids is 1. The molecule has 1 aromatic carbocycles. The number of hydrogen-bond donors (Lipinski definition) is 2. The van der Waals surface area contributed by atoms with Crippen LogP contribution in [0.2, 0.25) is 5.02 Å². The van der Waals surface area contributed by atoms with Gasteiger partial charge < -0.3 is 10.4 Å². The van der Waals surface area contributed by atoms with E-state index in [1.165, 1.54) is 0 Å². The number of rotatable bonds is 7. The summed E-state index contributed by atoms with van der Waals surface area (Å²) in [4.78, 5) is 11.9. The zero-order chi connectivity index (χ0) is 13.4. The van der Waals surface area contributed by atoms with Gasteiger partial charge in [0.25, 0.3) is 5.91 Å². The molecule has 0 bridgehead atoms. The summed E-state index contributed by atoms with van der Waals surface area (Å²) >= 11 is 7.57. The van der Waals surface area contributed by atoms with Gasteiger partial charge in [0.1, 0.15) is 0 Å². The first-order chi connectivity index (χ1) is 8.65. The molecule has 100 valence electrons. The molecule has 2 N–H and O–H groups in total. The Hall–Kier alpha value is -0.710. The monoisotopic (exact) mass is 287 g/mol. The molecule has 0 aromatic heterocycles. The molecular weight excluding hydrogens is 270 g/mol. The first kappa shape index (κ1) is 15.3. The van der Waals surface area contributed by atoms with Crippen LogP contribution in [0.15, 0.2) is 18.2 Å². The summed E-state index contributed by atoms with van der Waals surface area (Å²) in [6.45, 7) is 2.73. The highest BCUT2D eigenvalue weighted by Crippen LogP contribution is 2.15. The minimum Gasteiger partial charge on any atom is -0.396 e. The lowest BCUT2D eigenvalue weighted by Crippen LogP contribution is -2.26. The van der Waals surface area contributed by atoms with Crippen LogP contribution in [-0.4, -0.2) is 35.7 Å². The number of amides is 1. The third kappa shape index (κ3) is 5.29. The van der Waals surface area contributed by atoms with E-state index in [0.29, 0.717) is 17.1 Å². The quantitative estimate of drug-likeness (QED) is 0.758. The Morgan fingerprint density at radius 1 is 1.44 bits per heavy atom. The number of thioether (sulfide) groups is 1. The number of carbonyl (C=O) groups is 1. The van der Waals surface area contributed by atoms with Gasteiger partial charge in [-0.2, -0.15) is 11.8 Å². The van der Waals surface area contributed by atoms with E-state index in [-0.39, 0.29) is 12.5 Å². The van der Waals surface area contributed by atoms with Crippen molar-refractivity contribution in [2.75, 3.05) is 24.7 Å². The van der Waals surface area contributed by atoms with Gasteiger partial charge in [0.05, 0.1) is 0 Å². The van der Waals surface area contributed by atoms with Crippen molar-refractivity contribution < 1.29 is 9.90 Å². The Labute approximate surface area is 117 Å². The topological polar surface area (TPSA) is 49.3 Å². The van der Waals surface area contributed by atoms with E-state index >= 15 is 0 Å². The highest BCUT2D eigenvalue weighted by Gasteiger charge is 2.08. The highest BCUT2D eigenvalue weighted by molar-refractivity contribution is 7.99. The second-order valence-corrected chi connectivity index (χ2v) is 5.57. The second-order valence-electron chi connectivity index (χ2n) is 3.90. The van der Waals surface area contributed by atoms with E-state index in [1.807, 2.05) is 6.92 Å². The maximum Gasteiger partial charge on any atom is 0.251 e. The predicted octanol–water partition coefficient (Wildman–Crippen LogP) is 2.49. The molecule has 0 aliphatic rings. The zero-order valence-electron chi connectivity index (χ0n) is 10.4. The number of hydrogen-bond acceptors (Lipinski definition) is 3. The molecule has 0 spiro atoms. The smallest absolute Gasteiger partial charge is 0.251 e. The van der Waals surface area contributed by atoms with E-state index < -0.39 is 0 Å². The molecule has 0 radical (unpaired) electrons. The predicted molar refractivity (Wildman–Crippen MR) is 77.6 cm³/mol. The molecule has 1 rings (SSSR count). The van der Waals surface area contributed by atoms with Gasteiger partial charge in [0.15, 0.2) is 0 Å². The van der Waals surface area contributed by atoms with Crippen LogP contribution in [-0.2, 0) is 0 Å². The minimum atomic E-state index is -0.0630. The van der Waals surface area contributed by atoms with Gasteiger partial charge in [-0.05, 0) is 42.9 Å². The summed E-state index contributed by atoms with van der Waals surface area (Å²) in [6.07, 6.45) is 0.801. The molecule has 0 aliphatic heterocycles. The number of aliphatic hydroxyl groups is 1. The van der Waals surface area contributed by atoms with Crippen molar-refractivity contribution in [2.24, 2.45) is 0 Å². The van der Waals surface area contributed by atoms with E-state index in [9.17, 15) is 4.79 Å². The third-order valence-electron chi connectivity index (χ3n) is 2.41. The highest BCUT2D eigenvalue weighted by atomic mass is 35.5. The van der Waals surface area contributed by atoms with Crippen molar-refractivity contribution in [3.8, 4) is 0 Å². The molecule has 0 unspecified atom stereocenters. The molecule has 1 aromatic rings. The van der Waals surface area contributed by atoms with Crippen LogP contribution in [0, 0.1) is 6.92 Å². The number of aliphatic hydroxyl groups excluding tert-OH is 1. The van der Waals surface area contributed by atoms with Crippen LogP contribution in [0.1, 0.15) is 22.3 Å². The van der Waals surface area contributed by atoms with Crippen LogP contribution in [0.25, 0.3) is 0 Å². The summed E-state index contributed by atoms with van der Waals surface area (Å²) in [5, 5.41) is 12.1. The van der Waals surface area contributed by atoms with Gasteiger partial charge in [0.2, 0.25) is 0 Å². The molecule has 3 nitrogen and oxygen atoms in total. The van der Waals surface area contributed by atoms with E-state index in [0.717, 1.165) is 23.5 Å². The molecule has 1 amide bonds. The lowest BCUT2D eigenvalue weighted by Gasteiger charge is -2.07. The van der Waals surface area contributed by atoms with Crippen molar-refractivity contribution in [1.82, 2.24) is 5.32 Å². The molecule has 0 saturated heterocycles. The summed E-state index contributed by atoms with van der Waals surface area (Å²) in [5.74, 6) is 1.72. The van der Waals surface area contributed by atoms with Crippen molar-refractivity contribution in [3.05, 3.63) is 34.3 Å². The Kier molecular flexibility index (Phi) is 7.16. The summed E-state index contributed by atoms with van der Waals surface area (Å²) in [6, 6.07) is 5.25. The molecule has 0 saturated carbocycles. The Bertz CT molecular complexity index is 399. The fraction of sp³-hybridized carbons (Fsp3) is 0.462. The van der Waals surface area contributed by atoms with Crippen molar-refractivity contribution in [2.45, 2.75) is 13.3 Å². The average molecular weight is 288 g/mol. The first-order valence-electron chi connectivity index (χ1n) is 5.88. The molecule has 5 heteroatoms. The maximum absolute atomic E-state index is 11.9. The third-order valence-corrected chi connectivity index (χ3v) is 3.72. The largest absolute Gasteiger partial charge is 0.396 e. The molecule has 0 atom stereocenters. The summed E-state index contributed by atoms with van der Waals surface area (Å²) in [7, 11) is 0. The van der Waals surface area contributed by atoms with Gasteiger partial charge in [-0.15, -0.1) is 0 Å². The number of aryl methyl sites for hydroxylation is 1. The standard InChI is InChI=1S/C13H18ClNO2S/c1-10-9-11(14)3-4-12(10)13(17)15-5-8-18-7-2-6-16/h3-4,9,16H,2,5-8H2,1H3,(H,15,17). The van der Waals surface area contributed by atoms with E-state index in [1.54, 1.807) is 30.0 Å². The van der Waals surface area contributed by atoms with E-state index in [2.05, 4.69) is 5.32 Å². The van der Waals surface area contributed by atoms with Gasteiger partial charge in [-0.25, -0.2) is 0 Å². The van der Waals surface area contributed by atoms with E-state index in [4.69, 9.17) is 16.7 Å². The van der Waals surface area contributed by atoms with Crippen molar-refractivity contribution in [1.29, 1.82) is 0 Å². The van der Waals surface area contributed by atoms with Gasteiger partial charge >= 0.3 is 0 Å². The molecule has 0 fully saturated rings. The summed E-state index contributed by atoms with van der Waals surface area (Å²) < 4.78 is 0. The summed E-state index contributed by atoms with van der Waals surface area (Å²) in [5.41, 5.74) is 1.55. The Morgan fingerprint density at radius 2 is 2.22 bits per heavy atom. The van der Waals surface area contributed by atoms with Crippen molar-refractivity contribution >= 4 is 29.3 Å². The maximum atomic E-state index is 11.9. The number of halogens is 1. The van der Waals surface area contributed by atoms with Gasteiger partial charge in [-0.1, -0.05) is 11.6 Å². The Morgan fingerprint density at radius 3 is 2.89 bits per heavy atom. The van der Waals surface area contributed by atoms with Crippen LogP contribution in [0.3, 0.4) is 0 Å². The molecule has 0 heterocycles. The van der Waals surface area contributed by atoms with Gasteiger partial charge in [-0.3, -0.25) is 4.79 Å². The fourth-order valence-electron chi connectivity index (χ4n) is 1.48. The second kappa shape index (κ2) is 8.40. The normalized spacial score (nSPS) is 10.4. The molecule has 0 aliphatic carbocycles. The fourth-order valence-corrected chi connectivity index (χ4v) is 2.49. The van der Waals surface area contributed by atoms with Crippen LogP contribution in [0.5, 0.6) is 0 Å². The number of benzene rings is 1. The first-order valence-corrected chi connectivity index (χ1v) is 7.41. The van der Waals surface area contributed by atoms with Crippen LogP contribution in [0.4, 0.5) is 0 Å². The average Bonchev–Trinajstić information content (AvgIpc) is 2.33. The molecular formula is C13H18ClNO2S. The zero-order valence-corrected chi connectivity index (χ0v) is 12.0. The Balaban J connectivity index is 2.32. The minimum absolute atomic E-state index is 0.0630. The lowest BCUT2D eigenvalue weighted by atomic mass is 10.1. The molecule has 18 heavy (non-hydrogen) atoms. The SMILES string of the molecule is Cc1cc(Cl)ccc1C(=O)NCCSCCCO. The number of nitrogens with one attached hydrogen (secondary N) is 1. The lowest BCUT2D eigenvalue weighted by molar-refractivity contribution is 0.0955. The van der Waals surface area contributed by atoms with Crippen LogP contribution < -0.4 is 5.32 Å².